The van der Waals surface area contributed by atoms with Gasteiger partial charge in [-0.1, -0.05) is 12.1 Å². The third-order valence-electron chi connectivity index (χ3n) is 3.59. The Morgan fingerprint density at radius 1 is 1.08 bits per heavy atom. The number of thiophene rings is 1. The zero-order chi connectivity index (χ0) is 18.9. The average Bonchev–Trinajstić information content (AvgIpc) is 3.12. The molecule has 0 spiro atoms. The lowest BCUT2D eigenvalue weighted by Crippen LogP contribution is -2.18. The summed E-state index contributed by atoms with van der Waals surface area (Å²) in [5.41, 5.74) is 0.995. The van der Waals surface area contributed by atoms with Crippen LogP contribution in [0.2, 0.25) is 0 Å². The number of rotatable bonds is 9. The molecule has 0 aliphatic carbocycles. The quantitative estimate of drug-likeness (QED) is 0.538. The maximum absolute atomic E-state index is 12.1. The smallest absolute Gasteiger partial charge is 0.306 e. The molecule has 0 bridgehead atoms. The summed E-state index contributed by atoms with van der Waals surface area (Å²) in [6.07, 6.45) is 0.745. The Balaban J connectivity index is 1.74. The van der Waals surface area contributed by atoms with Crippen LogP contribution in [0.5, 0.6) is 5.75 Å². The lowest BCUT2D eigenvalue weighted by Gasteiger charge is -2.05. The van der Waals surface area contributed by atoms with E-state index in [0.717, 1.165) is 16.2 Å². The number of methoxy groups -OCH3 is 1. The highest BCUT2D eigenvalue weighted by atomic mass is 32.1. The summed E-state index contributed by atoms with van der Waals surface area (Å²) < 4.78 is 10.1. The van der Waals surface area contributed by atoms with Gasteiger partial charge in [-0.25, -0.2) is 0 Å². The van der Waals surface area contributed by atoms with Crippen LogP contribution in [0.1, 0.15) is 33.5 Å². The lowest BCUT2D eigenvalue weighted by molar-refractivity contribution is -0.142. The number of benzene rings is 1. The van der Waals surface area contributed by atoms with Gasteiger partial charge in [0.2, 0.25) is 11.7 Å². The van der Waals surface area contributed by atoms with E-state index in [1.807, 2.05) is 24.3 Å². The van der Waals surface area contributed by atoms with Crippen LogP contribution in [0, 0.1) is 0 Å². The van der Waals surface area contributed by atoms with Crippen LogP contribution in [0.15, 0.2) is 36.4 Å². The van der Waals surface area contributed by atoms with Crippen LogP contribution in [0.25, 0.3) is 0 Å². The van der Waals surface area contributed by atoms with E-state index in [9.17, 15) is 14.4 Å². The maximum Gasteiger partial charge on any atom is 0.306 e. The van der Waals surface area contributed by atoms with Crippen LogP contribution in [0.3, 0.4) is 0 Å². The number of carbonyl (C=O) groups excluding carboxylic acids is 3. The molecule has 26 heavy (non-hydrogen) atoms. The molecule has 0 aliphatic rings. The third kappa shape index (κ3) is 6.33. The average molecular weight is 375 g/mol. The van der Waals surface area contributed by atoms with Crippen molar-refractivity contribution >= 4 is 29.0 Å². The summed E-state index contributed by atoms with van der Waals surface area (Å²) in [5, 5.41) is 2.67. The Kier molecular flexibility index (Phi) is 7.35. The number of hydrogen-bond acceptors (Lipinski definition) is 6. The maximum atomic E-state index is 12.1. The summed E-state index contributed by atoms with van der Waals surface area (Å²) in [5.74, 6) is -0.0288. The molecule has 0 unspecified atom stereocenters. The lowest BCUT2D eigenvalue weighted by atomic mass is 10.1. The van der Waals surface area contributed by atoms with Crippen molar-refractivity contribution in [2.75, 3.05) is 13.7 Å². The molecule has 0 aliphatic heterocycles. The highest BCUT2D eigenvalue weighted by Crippen LogP contribution is 2.17. The molecular weight excluding hydrogens is 354 g/mol. The first-order valence-electron chi connectivity index (χ1n) is 8.13. The van der Waals surface area contributed by atoms with Gasteiger partial charge >= 0.3 is 5.97 Å². The van der Waals surface area contributed by atoms with Crippen molar-refractivity contribution in [1.82, 2.24) is 5.32 Å². The number of hydrogen-bond donors (Lipinski definition) is 1. The van der Waals surface area contributed by atoms with Crippen molar-refractivity contribution in [1.29, 1.82) is 0 Å². The molecule has 0 saturated carbocycles. The number of Topliss-reactive ketones (excluding diaryl/α,β-unsaturated/α-hetero) is 1. The zero-order valence-electron chi connectivity index (χ0n) is 14.7. The van der Waals surface area contributed by atoms with E-state index in [2.05, 4.69) is 5.32 Å². The van der Waals surface area contributed by atoms with Gasteiger partial charge in [0.15, 0.2) is 6.61 Å². The Hall–Kier alpha value is -2.67. The minimum atomic E-state index is -0.413. The molecule has 6 nitrogen and oxygen atoms in total. The SMILES string of the molecule is COc1ccc(CCC(=O)OCC(=O)c2ccc(CNC(C)=O)s2)cc1. The number of nitrogens with one attached hydrogen (secondary N) is 1. The number of esters is 1. The molecule has 1 N–H and O–H groups in total. The Labute approximate surface area is 156 Å². The van der Waals surface area contributed by atoms with Crippen LogP contribution in [-0.4, -0.2) is 31.4 Å². The highest BCUT2D eigenvalue weighted by molar-refractivity contribution is 7.14. The largest absolute Gasteiger partial charge is 0.497 e. The van der Waals surface area contributed by atoms with E-state index in [-0.39, 0.29) is 24.7 Å². The molecule has 138 valence electrons. The van der Waals surface area contributed by atoms with E-state index in [0.29, 0.717) is 17.8 Å². The van der Waals surface area contributed by atoms with Crippen LogP contribution in [0.4, 0.5) is 0 Å². The first-order chi connectivity index (χ1) is 12.5. The second-order valence-corrected chi connectivity index (χ2v) is 6.78. The van der Waals surface area contributed by atoms with Gasteiger partial charge in [-0.2, -0.15) is 0 Å². The van der Waals surface area contributed by atoms with E-state index < -0.39 is 5.97 Å². The Bertz CT molecular complexity index is 766. The number of amides is 1. The molecule has 1 aromatic heterocycles. The first-order valence-corrected chi connectivity index (χ1v) is 8.94. The van der Waals surface area contributed by atoms with Gasteiger partial charge in [0.1, 0.15) is 5.75 Å². The summed E-state index contributed by atoms with van der Waals surface area (Å²) in [6.45, 7) is 1.54. The number of carbonyl (C=O) groups is 3. The number of ether oxygens (including phenoxy) is 2. The van der Waals surface area contributed by atoms with Crippen molar-refractivity contribution in [3.63, 3.8) is 0 Å². The second kappa shape index (κ2) is 9.72. The van der Waals surface area contributed by atoms with Crippen molar-refractivity contribution in [2.24, 2.45) is 0 Å². The van der Waals surface area contributed by atoms with Crippen molar-refractivity contribution in [3.05, 3.63) is 51.7 Å². The van der Waals surface area contributed by atoms with Gasteiger partial charge in [-0.3, -0.25) is 14.4 Å². The third-order valence-corrected chi connectivity index (χ3v) is 4.72. The van der Waals surface area contributed by atoms with Gasteiger partial charge in [-0.05, 0) is 36.2 Å². The molecule has 0 atom stereocenters. The molecule has 0 saturated heterocycles. The molecule has 2 rings (SSSR count). The number of aryl methyl sites for hydroxylation is 1. The monoisotopic (exact) mass is 375 g/mol. The summed E-state index contributed by atoms with van der Waals surface area (Å²) in [4.78, 5) is 36.2. The second-order valence-electron chi connectivity index (χ2n) is 5.61. The van der Waals surface area contributed by atoms with Gasteiger partial charge in [0.05, 0.1) is 18.5 Å². The molecule has 1 amide bonds. The predicted molar refractivity (Wildman–Crippen MR) is 98.4 cm³/mol. The van der Waals surface area contributed by atoms with Crippen molar-refractivity contribution in [3.8, 4) is 5.75 Å². The summed E-state index contributed by atoms with van der Waals surface area (Å²) in [7, 11) is 1.60. The molecule has 0 fully saturated rings. The minimum absolute atomic E-state index is 0.128. The Morgan fingerprint density at radius 2 is 1.81 bits per heavy atom. The predicted octanol–water partition coefficient (Wildman–Crippen LogP) is 2.75. The molecule has 1 aromatic carbocycles. The van der Waals surface area contributed by atoms with Crippen molar-refractivity contribution in [2.45, 2.75) is 26.3 Å². The van der Waals surface area contributed by atoms with E-state index in [1.165, 1.54) is 18.3 Å². The minimum Gasteiger partial charge on any atom is -0.497 e. The molecular formula is C19H21NO5S. The standard InChI is InChI=1S/C19H21NO5S/c1-13(21)20-11-16-8-9-18(26-16)17(22)12-25-19(23)10-5-14-3-6-15(24-2)7-4-14/h3-4,6-9H,5,10-12H2,1-2H3,(H,20,21). The zero-order valence-corrected chi connectivity index (χ0v) is 15.6. The van der Waals surface area contributed by atoms with Gasteiger partial charge in [0, 0.05) is 18.2 Å². The molecule has 7 heteroatoms. The number of ketones is 1. The van der Waals surface area contributed by atoms with Crippen LogP contribution < -0.4 is 10.1 Å². The Morgan fingerprint density at radius 3 is 2.46 bits per heavy atom. The fourth-order valence-electron chi connectivity index (χ4n) is 2.16. The van der Waals surface area contributed by atoms with Crippen LogP contribution >= 0.6 is 11.3 Å². The normalized spacial score (nSPS) is 10.2. The molecule has 1 heterocycles. The van der Waals surface area contributed by atoms with Gasteiger partial charge < -0.3 is 14.8 Å². The fraction of sp³-hybridized carbons (Fsp3) is 0.316. The van der Waals surface area contributed by atoms with E-state index in [4.69, 9.17) is 9.47 Å². The van der Waals surface area contributed by atoms with E-state index >= 15 is 0 Å². The molecule has 2 aromatic rings. The van der Waals surface area contributed by atoms with Gasteiger partial charge in [0.25, 0.3) is 0 Å². The molecule has 0 radical (unpaired) electrons. The van der Waals surface area contributed by atoms with Gasteiger partial charge in [-0.15, -0.1) is 11.3 Å². The topological polar surface area (TPSA) is 81.7 Å². The van der Waals surface area contributed by atoms with Crippen molar-refractivity contribution < 1.29 is 23.9 Å². The highest BCUT2D eigenvalue weighted by Gasteiger charge is 2.13. The van der Waals surface area contributed by atoms with E-state index in [1.54, 1.807) is 19.2 Å². The summed E-state index contributed by atoms with van der Waals surface area (Å²) in [6, 6.07) is 10.9. The fourth-order valence-corrected chi connectivity index (χ4v) is 3.03. The first kappa shape index (κ1) is 19.7. The van der Waals surface area contributed by atoms with Crippen LogP contribution in [-0.2, 0) is 27.3 Å². The summed E-state index contributed by atoms with van der Waals surface area (Å²) >= 11 is 1.28.